The second-order valence-corrected chi connectivity index (χ2v) is 7.68. The monoisotopic (exact) mass is 381 g/mol. The fraction of sp³-hybridized carbons (Fsp3) is 0.364. The van der Waals surface area contributed by atoms with Crippen molar-refractivity contribution in [2.45, 2.75) is 19.4 Å². The van der Waals surface area contributed by atoms with Gasteiger partial charge in [-0.2, -0.15) is 0 Å². The number of pyridine rings is 1. The van der Waals surface area contributed by atoms with E-state index in [1.807, 2.05) is 41.4 Å². The molecule has 0 saturated carbocycles. The Balaban J connectivity index is 1.37. The van der Waals surface area contributed by atoms with Crippen molar-refractivity contribution in [3.8, 4) is 0 Å². The molecule has 0 aliphatic carbocycles. The Morgan fingerprint density at radius 1 is 1.04 bits per heavy atom. The van der Waals surface area contributed by atoms with Gasteiger partial charge in [-0.3, -0.25) is 14.7 Å². The van der Waals surface area contributed by atoms with Crippen molar-refractivity contribution < 1.29 is 4.79 Å². The highest BCUT2D eigenvalue weighted by Crippen LogP contribution is 2.12. The summed E-state index contributed by atoms with van der Waals surface area (Å²) in [6.45, 7) is 4.49. The topological polar surface area (TPSA) is 36.4 Å². The summed E-state index contributed by atoms with van der Waals surface area (Å²) in [5.74, 6) is 1.10. The van der Waals surface area contributed by atoms with Gasteiger partial charge in [-0.25, -0.2) is 0 Å². The maximum atomic E-state index is 12.5. The minimum atomic E-state index is 0.273. The van der Waals surface area contributed by atoms with Crippen LogP contribution in [0.5, 0.6) is 0 Å². The van der Waals surface area contributed by atoms with E-state index in [2.05, 4.69) is 39.6 Å². The predicted octanol–water partition coefficient (Wildman–Crippen LogP) is 3.91. The molecule has 2 heterocycles. The SMILES string of the molecule is O=C(CCSC=Cc1ccccc1)N1CCCN(Cc2ccccn2)CC1. The average Bonchev–Trinajstić information content (AvgIpc) is 2.95. The number of thioether (sulfide) groups is 1. The Kier molecular flexibility index (Phi) is 7.93. The number of carbonyl (C=O) groups is 1. The van der Waals surface area contributed by atoms with Gasteiger partial charge >= 0.3 is 0 Å². The maximum Gasteiger partial charge on any atom is 0.223 e. The highest BCUT2D eigenvalue weighted by molar-refractivity contribution is 8.02. The zero-order valence-corrected chi connectivity index (χ0v) is 16.5. The third-order valence-corrected chi connectivity index (χ3v) is 5.41. The largest absolute Gasteiger partial charge is 0.341 e. The molecule has 3 rings (SSSR count). The van der Waals surface area contributed by atoms with Crippen molar-refractivity contribution in [1.29, 1.82) is 0 Å². The molecule has 1 saturated heterocycles. The zero-order chi connectivity index (χ0) is 18.7. The molecular formula is C22H27N3OS. The minimum Gasteiger partial charge on any atom is -0.341 e. The number of hydrogen-bond acceptors (Lipinski definition) is 4. The Bertz CT molecular complexity index is 721. The van der Waals surface area contributed by atoms with Gasteiger partial charge in [0.25, 0.3) is 0 Å². The van der Waals surface area contributed by atoms with Crippen molar-refractivity contribution >= 4 is 23.7 Å². The van der Waals surface area contributed by atoms with E-state index in [4.69, 9.17) is 0 Å². The van der Waals surface area contributed by atoms with Crippen molar-refractivity contribution in [3.05, 3.63) is 71.4 Å². The standard InChI is InChI=1S/C22H27N3OS/c26-22(11-18-27-17-10-20-7-2-1-3-8-20)25-14-6-13-24(15-16-25)19-21-9-4-5-12-23-21/h1-5,7-10,12,17H,6,11,13-16,18-19H2. The summed E-state index contributed by atoms with van der Waals surface area (Å²) in [5.41, 5.74) is 2.29. The molecule has 27 heavy (non-hydrogen) atoms. The Morgan fingerprint density at radius 3 is 2.70 bits per heavy atom. The van der Waals surface area contributed by atoms with Gasteiger partial charge in [0.05, 0.1) is 5.69 Å². The van der Waals surface area contributed by atoms with E-state index >= 15 is 0 Å². The Labute approximate surface area is 166 Å². The van der Waals surface area contributed by atoms with Gasteiger partial charge in [0.15, 0.2) is 0 Å². The summed E-state index contributed by atoms with van der Waals surface area (Å²) >= 11 is 1.70. The van der Waals surface area contributed by atoms with Crippen molar-refractivity contribution in [2.24, 2.45) is 0 Å². The lowest BCUT2D eigenvalue weighted by atomic mass is 10.2. The first kappa shape index (κ1) is 19.6. The van der Waals surface area contributed by atoms with Crippen LogP contribution in [0.3, 0.4) is 0 Å². The fourth-order valence-electron chi connectivity index (χ4n) is 3.16. The van der Waals surface area contributed by atoms with Crippen LogP contribution >= 0.6 is 11.8 Å². The van der Waals surface area contributed by atoms with Gasteiger partial charge in [-0.05, 0) is 35.6 Å². The Morgan fingerprint density at radius 2 is 1.89 bits per heavy atom. The lowest BCUT2D eigenvalue weighted by molar-refractivity contribution is -0.130. The molecule has 1 aromatic carbocycles. The van der Waals surface area contributed by atoms with Crippen LogP contribution in [-0.4, -0.2) is 52.6 Å². The van der Waals surface area contributed by atoms with E-state index in [0.717, 1.165) is 50.6 Å². The molecule has 0 atom stereocenters. The van der Waals surface area contributed by atoms with Gasteiger partial charge in [0, 0.05) is 51.1 Å². The first-order valence-corrected chi connectivity index (χ1v) is 10.6. The van der Waals surface area contributed by atoms with Crippen molar-refractivity contribution in [2.75, 3.05) is 31.9 Å². The van der Waals surface area contributed by atoms with Crippen LogP contribution < -0.4 is 0 Å². The summed E-state index contributed by atoms with van der Waals surface area (Å²) in [6, 6.07) is 16.3. The minimum absolute atomic E-state index is 0.273. The third kappa shape index (κ3) is 6.85. The second-order valence-electron chi connectivity index (χ2n) is 6.67. The van der Waals surface area contributed by atoms with E-state index in [-0.39, 0.29) is 5.91 Å². The summed E-state index contributed by atoms with van der Waals surface area (Å²) in [7, 11) is 0. The normalized spacial score (nSPS) is 15.8. The van der Waals surface area contributed by atoms with Crippen LogP contribution in [0.2, 0.25) is 0 Å². The molecule has 142 valence electrons. The van der Waals surface area contributed by atoms with Gasteiger partial charge in [-0.15, -0.1) is 11.8 Å². The van der Waals surface area contributed by atoms with Crippen LogP contribution in [0.15, 0.2) is 60.1 Å². The van der Waals surface area contributed by atoms with Crippen LogP contribution in [-0.2, 0) is 11.3 Å². The Hall–Kier alpha value is -2.11. The number of rotatable bonds is 7. The van der Waals surface area contributed by atoms with Crippen LogP contribution in [0.4, 0.5) is 0 Å². The third-order valence-electron chi connectivity index (χ3n) is 4.64. The molecule has 2 aromatic rings. The molecule has 1 aromatic heterocycles. The van der Waals surface area contributed by atoms with Crippen LogP contribution in [0, 0.1) is 0 Å². The molecule has 1 aliphatic rings. The van der Waals surface area contributed by atoms with E-state index < -0.39 is 0 Å². The summed E-state index contributed by atoms with van der Waals surface area (Å²) < 4.78 is 0. The molecule has 1 amide bonds. The summed E-state index contributed by atoms with van der Waals surface area (Å²) in [4.78, 5) is 21.3. The number of benzene rings is 1. The molecule has 0 radical (unpaired) electrons. The van der Waals surface area contributed by atoms with E-state index in [9.17, 15) is 4.79 Å². The fourth-order valence-corrected chi connectivity index (χ4v) is 3.84. The molecular weight excluding hydrogens is 354 g/mol. The summed E-state index contributed by atoms with van der Waals surface area (Å²) in [6.07, 6.45) is 5.56. The van der Waals surface area contributed by atoms with E-state index in [0.29, 0.717) is 6.42 Å². The van der Waals surface area contributed by atoms with E-state index in [1.54, 1.807) is 11.8 Å². The van der Waals surface area contributed by atoms with Crippen molar-refractivity contribution in [1.82, 2.24) is 14.8 Å². The maximum absolute atomic E-state index is 12.5. The predicted molar refractivity (Wildman–Crippen MR) is 113 cm³/mol. The smallest absolute Gasteiger partial charge is 0.223 e. The van der Waals surface area contributed by atoms with Gasteiger partial charge in [-0.1, -0.05) is 36.4 Å². The van der Waals surface area contributed by atoms with Gasteiger partial charge in [0.2, 0.25) is 5.91 Å². The highest BCUT2D eigenvalue weighted by Gasteiger charge is 2.18. The zero-order valence-electron chi connectivity index (χ0n) is 15.7. The molecule has 0 unspecified atom stereocenters. The van der Waals surface area contributed by atoms with Gasteiger partial charge in [0.1, 0.15) is 0 Å². The molecule has 4 nitrogen and oxygen atoms in total. The molecule has 1 aliphatic heterocycles. The van der Waals surface area contributed by atoms with Gasteiger partial charge < -0.3 is 4.90 Å². The van der Waals surface area contributed by atoms with Crippen LogP contribution in [0.25, 0.3) is 6.08 Å². The first-order valence-electron chi connectivity index (χ1n) is 9.54. The quantitative estimate of drug-likeness (QED) is 0.682. The number of amides is 1. The lowest BCUT2D eigenvalue weighted by Gasteiger charge is -2.21. The summed E-state index contributed by atoms with van der Waals surface area (Å²) in [5, 5.41) is 2.08. The molecule has 0 bridgehead atoms. The molecule has 5 heteroatoms. The molecule has 0 N–H and O–H groups in total. The van der Waals surface area contributed by atoms with Crippen LogP contribution in [0.1, 0.15) is 24.1 Å². The first-order chi connectivity index (χ1) is 13.3. The highest BCUT2D eigenvalue weighted by atomic mass is 32.2. The number of aromatic nitrogens is 1. The van der Waals surface area contributed by atoms with Crippen molar-refractivity contribution in [3.63, 3.8) is 0 Å². The number of hydrogen-bond donors (Lipinski definition) is 0. The molecule has 0 spiro atoms. The molecule has 1 fully saturated rings. The second kappa shape index (κ2) is 10.9. The van der Waals surface area contributed by atoms with E-state index in [1.165, 1.54) is 5.56 Å². The lowest BCUT2D eigenvalue weighted by Crippen LogP contribution is -2.35. The average molecular weight is 382 g/mol. The number of nitrogens with zero attached hydrogens (tertiary/aromatic N) is 3. The number of carbonyl (C=O) groups excluding carboxylic acids is 1.